The Morgan fingerprint density at radius 3 is 2.81 bits per heavy atom. The van der Waals surface area contributed by atoms with Gasteiger partial charge in [-0.2, -0.15) is 0 Å². The van der Waals surface area contributed by atoms with Gasteiger partial charge in [0.2, 0.25) is 5.88 Å². The first kappa shape index (κ1) is 15.6. The molecule has 6 heteroatoms. The van der Waals surface area contributed by atoms with Crippen molar-refractivity contribution in [2.75, 3.05) is 25.0 Å². The average molecular weight is 293 g/mol. The lowest BCUT2D eigenvalue weighted by Crippen LogP contribution is -2.63. The number of urea groups is 1. The van der Waals surface area contributed by atoms with E-state index in [1.807, 2.05) is 6.92 Å². The second-order valence-electron chi connectivity index (χ2n) is 5.45. The van der Waals surface area contributed by atoms with Crippen molar-refractivity contribution in [3.05, 3.63) is 18.3 Å². The van der Waals surface area contributed by atoms with Crippen LogP contribution in [-0.2, 0) is 0 Å². The SMILES string of the molecule is CCCCOc1ccc(NC(=O)N2CC(O)(CC)C2)cn1. The number of pyridine rings is 1. The summed E-state index contributed by atoms with van der Waals surface area (Å²) in [6, 6.07) is 3.29. The molecular weight excluding hydrogens is 270 g/mol. The summed E-state index contributed by atoms with van der Waals surface area (Å²) in [6.45, 7) is 5.42. The van der Waals surface area contributed by atoms with Gasteiger partial charge in [-0.15, -0.1) is 0 Å². The Labute approximate surface area is 125 Å². The summed E-state index contributed by atoms with van der Waals surface area (Å²) in [5, 5.41) is 12.7. The molecular formula is C15H23N3O3. The van der Waals surface area contributed by atoms with Crippen LogP contribution in [0.5, 0.6) is 5.88 Å². The zero-order valence-corrected chi connectivity index (χ0v) is 12.6. The Morgan fingerprint density at radius 1 is 1.48 bits per heavy atom. The maximum atomic E-state index is 11.9. The molecule has 2 N–H and O–H groups in total. The predicted molar refractivity (Wildman–Crippen MR) is 80.5 cm³/mol. The first-order valence-electron chi connectivity index (χ1n) is 7.43. The molecule has 6 nitrogen and oxygen atoms in total. The lowest BCUT2D eigenvalue weighted by atomic mass is 9.92. The van der Waals surface area contributed by atoms with Gasteiger partial charge in [-0.25, -0.2) is 9.78 Å². The van der Waals surface area contributed by atoms with Crippen LogP contribution < -0.4 is 10.1 Å². The molecule has 21 heavy (non-hydrogen) atoms. The van der Waals surface area contributed by atoms with Gasteiger partial charge < -0.3 is 20.1 Å². The molecule has 2 heterocycles. The van der Waals surface area contributed by atoms with E-state index in [0.29, 0.717) is 37.7 Å². The second-order valence-corrected chi connectivity index (χ2v) is 5.45. The van der Waals surface area contributed by atoms with Crippen LogP contribution in [0.2, 0.25) is 0 Å². The number of hydrogen-bond donors (Lipinski definition) is 2. The standard InChI is InChI=1S/C15H23N3O3/c1-3-5-8-21-13-7-6-12(9-16-13)17-14(19)18-10-15(20,4-2)11-18/h6-7,9,20H,3-5,8,10-11H2,1-2H3,(H,17,19). The van der Waals surface area contributed by atoms with Crippen molar-refractivity contribution in [1.29, 1.82) is 0 Å². The van der Waals surface area contributed by atoms with Crippen molar-refractivity contribution in [3.8, 4) is 5.88 Å². The zero-order valence-electron chi connectivity index (χ0n) is 12.6. The second kappa shape index (κ2) is 6.76. The smallest absolute Gasteiger partial charge is 0.322 e. The third kappa shape index (κ3) is 4.07. The largest absolute Gasteiger partial charge is 0.478 e. The van der Waals surface area contributed by atoms with E-state index < -0.39 is 5.60 Å². The fourth-order valence-electron chi connectivity index (χ4n) is 2.09. The third-order valence-electron chi connectivity index (χ3n) is 3.65. The summed E-state index contributed by atoms with van der Waals surface area (Å²) in [5.41, 5.74) is -0.0955. The fraction of sp³-hybridized carbons (Fsp3) is 0.600. The van der Waals surface area contributed by atoms with Crippen molar-refractivity contribution in [3.63, 3.8) is 0 Å². The molecule has 2 rings (SSSR count). The molecule has 1 saturated heterocycles. The highest BCUT2D eigenvalue weighted by Crippen LogP contribution is 2.24. The van der Waals surface area contributed by atoms with Gasteiger partial charge in [0.15, 0.2) is 0 Å². The normalized spacial score (nSPS) is 16.2. The molecule has 0 bridgehead atoms. The molecule has 0 atom stereocenters. The van der Waals surface area contributed by atoms with Crippen molar-refractivity contribution < 1.29 is 14.6 Å². The lowest BCUT2D eigenvalue weighted by molar-refractivity contribution is -0.0755. The van der Waals surface area contributed by atoms with Crippen molar-refractivity contribution in [2.24, 2.45) is 0 Å². The number of likely N-dealkylation sites (tertiary alicyclic amines) is 1. The molecule has 2 amide bonds. The van der Waals surface area contributed by atoms with E-state index in [9.17, 15) is 9.90 Å². The Hall–Kier alpha value is -1.82. The summed E-state index contributed by atoms with van der Waals surface area (Å²) >= 11 is 0. The minimum Gasteiger partial charge on any atom is -0.478 e. The van der Waals surface area contributed by atoms with Gasteiger partial charge in [-0.3, -0.25) is 0 Å². The number of carbonyl (C=O) groups is 1. The molecule has 0 aliphatic carbocycles. The van der Waals surface area contributed by atoms with Crippen LogP contribution in [0.1, 0.15) is 33.1 Å². The molecule has 0 radical (unpaired) electrons. The van der Waals surface area contributed by atoms with Crippen LogP contribution in [0, 0.1) is 0 Å². The number of amides is 2. The summed E-state index contributed by atoms with van der Waals surface area (Å²) in [7, 11) is 0. The van der Waals surface area contributed by atoms with Crippen LogP contribution in [0.15, 0.2) is 18.3 Å². The number of unbranched alkanes of at least 4 members (excludes halogenated alkanes) is 1. The molecule has 1 aliphatic rings. The van der Waals surface area contributed by atoms with Crippen molar-refractivity contribution in [2.45, 2.75) is 38.7 Å². The number of rotatable bonds is 6. The average Bonchev–Trinajstić information content (AvgIpc) is 2.46. The summed E-state index contributed by atoms with van der Waals surface area (Å²) in [6.07, 6.45) is 4.30. The van der Waals surface area contributed by atoms with Crippen LogP contribution in [-0.4, -0.2) is 46.3 Å². The molecule has 1 aromatic heterocycles. The topological polar surface area (TPSA) is 74.7 Å². The molecule has 0 spiro atoms. The molecule has 0 aromatic carbocycles. The minimum absolute atomic E-state index is 0.213. The monoisotopic (exact) mass is 293 g/mol. The van der Waals surface area contributed by atoms with E-state index in [-0.39, 0.29) is 6.03 Å². The Balaban J connectivity index is 1.79. The van der Waals surface area contributed by atoms with E-state index in [4.69, 9.17) is 4.74 Å². The Kier molecular flexibility index (Phi) is 5.01. The van der Waals surface area contributed by atoms with E-state index >= 15 is 0 Å². The van der Waals surface area contributed by atoms with Crippen LogP contribution in [0.25, 0.3) is 0 Å². The fourth-order valence-corrected chi connectivity index (χ4v) is 2.09. The van der Waals surface area contributed by atoms with Crippen LogP contribution in [0.4, 0.5) is 10.5 Å². The number of nitrogens with zero attached hydrogens (tertiary/aromatic N) is 2. The highest BCUT2D eigenvalue weighted by Gasteiger charge is 2.42. The van der Waals surface area contributed by atoms with Crippen molar-refractivity contribution in [1.82, 2.24) is 9.88 Å². The number of ether oxygens (including phenoxy) is 1. The van der Waals surface area contributed by atoms with Gasteiger partial charge in [0, 0.05) is 6.07 Å². The number of aromatic nitrogens is 1. The summed E-state index contributed by atoms with van der Waals surface area (Å²) < 4.78 is 5.46. The predicted octanol–water partition coefficient (Wildman–Crippen LogP) is 2.25. The van der Waals surface area contributed by atoms with E-state index in [1.54, 1.807) is 23.2 Å². The summed E-state index contributed by atoms with van der Waals surface area (Å²) in [5.74, 6) is 0.561. The number of anilines is 1. The van der Waals surface area contributed by atoms with Gasteiger partial charge in [0.05, 0.1) is 37.2 Å². The maximum Gasteiger partial charge on any atom is 0.322 e. The van der Waals surface area contributed by atoms with E-state index in [2.05, 4.69) is 17.2 Å². The number of aliphatic hydroxyl groups is 1. The van der Waals surface area contributed by atoms with E-state index in [0.717, 1.165) is 12.8 Å². The van der Waals surface area contributed by atoms with Crippen LogP contribution in [0.3, 0.4) is 0 Å². The van der Waals surface area contributed by atoms with Gasteiger partial charge >= 0.3 is 6.03 Å². The van der Waals surface area contributed by atoms with Gasteiger partial charge in [0.25, 0.3) is 0 Å². The van der Waals surface area contributed by atoms with Gasteiger partial charge in [-0.05, 0) is 18.9 Å². The van der Waals surface area contributed by atoms with Crippen molar-refractivity contribution >= 4 is 11.7 Å². The number of β-amino-alcohol motifs (C(OH)–C–C–N with tert-alkyl or cyclic N) is 1. The zero-order chi connectivity index (χ0) is 15.3. The molecule has 0 unspecified atom stereocenters. The Morgan fingerprint density at radius 2 is 2.24 bits per heavy atom. The number of carbonyl (C=O) groups excluding carboxylic acids is 1. The maximum absolute atomic E-state index is 11.9. The number of nitrogens with one attached hydrogen (secondary N) is 1. The molecule has 116 valence electrons. The van der Waals surface area contributed by atoms with E-state index in [1.165, 1.54) is 0 Å². The van der Waals surface area contributed by atoms with Gasteiger partial charge in [-0.1, -0.05) is 20.3 Å². The quantitative estimate of drug-likeness (QED) is 0.789. The van der Waals surface area contributed by atoms with Crippen LogP contribution >= 0.6 is 0 Å². The lowest BCUT2D eigenvalue weighted by Gasteiger charge is -2.45. The third-order valence-corrected chi connectivity index (χ3v) is 3.65. The highest BCUT2D eigenvalue weighted by molar-refractivity contribution is 5.89. The molecule has 1 aliphatic heterocycles. The summed E-state index contributed by atoms with van der Waals surface area (Å²) in [4.78, 5) is 17.7. The first-order valence-corrected chi connectivity index (χ1v) is 7.43. The van der Waals surface area contributed by atoms with Gasteiger partial charge in [0.1, 0.15) is 0 Å². The molecule has 0 saturated carbocycles. The molecule has 1 aromatic rings. The minimum atomic E-state index is -0.716. The Bertz CT molecular complexity index is 470. The molecule has 1 fully saturated rings. The first-order chi connectivity index (χ1) is 10.1. The highest BCUT2D eigenvalue weighted by atomic mass is 16.5. The number of hydrogen-bond acceptors (Lipinski definition) is 4.